The number of ether oxygens (including phenoxy) is 2. The van der Waals surface area contributed by atoms with E-state index >= 15 is 0 Å². The number of aryl methyl sites for hydroxylation is 2. The van der Waals surface area contributed by atoms with Gasteiger partial charge >= 0.3 is 11.9 Å². The Morgan fingerprint density at radius 3 is 2.66 bits per heavy atom. The Morgan fingerprint density at radius 2 is 2.00 bits per heavy atom. The van der Waals surface area contributed by atoms with E-state index in [-0.39, 0.29) is 27.9 Å². The molecule has 4 rings (SSSR count). The molecule has 2 heterocycles. The maximum atomic E-state index is 13.4. The molecule has 0 aliphatic carbocycles. The molecule has 1 amide bonds. The van der Waals surface area contributed by atoms with Gasteiger partial charge in [-0.15, -0.1) is 0 Å². The number of hydrogen-bond donors (Lipinski definition) is 1. The summed E-state index contributed by atoms with van der Waals surface area (Å²) in [5, 5.41) is 11.9. The van der Waals surface area contributed by atoms with Crippen LogP contribution in [0.3, 0.4) is 0 Å². The standard InChI is InChI=1S/C28H25ClN2O6S/c1-5-12-37-20-11-10-18(13-15(20)3)23(32)21-22(17-8-7-9-19(29)14-17)31(26(34)24(21)33)28-30-16(4)25(38-28)27(35)36-6-2/h5,7-11,13-14,22,32H,1,6,12H2,2-4H3/b23-21+. The quantitative estimate of drug-likeness (QED) is 0.124. The van der Waals surface area contributed by atoms with Gasteiger partial charge in [-0.3, -0.25) is 14.5 Å². The number of aliphatic hydroxyl groups excluding tert-OH is 1. The zero-order valence-corrected chi connectivity index (χ0v) is 22.6. The van der Waals surface area contributed by atoms with E-state index in [0.29, 0.717) is 34.2 Å². The minimum atomic E-state index is -1.04. The number of aromatic nitrogens is 1. The lowest BCUT2D eigenvalue weighted by Gasteiger charge is -2.23. The van der Waals surface area contributed by atoms with Crippen LogP contribution in [-0.2, 0) is 14.3 Å². The highest BCUT2D eigenvalue weighted by atomic mass is 35.5. The fourth-order valence-corrected chi connectivity index (χ4v) is 5.34. The van der Waals surface area contributed by atoms with E-state index in [1.807, 2.05) is 0 Å². The highest BCUT2D eigenvalue weighted by Crippen LogP contribution is 2.44. The predicted molar refractivity (Wildman–Crippen MR) is 146 cm³/mol. The maximum Gasteiger partial charge on any atom is 0.350 e. The Kier molecular flexibility index (Phi) is 7.99. The molecular weight excluding hydrogens is 528 g/mol. The SMILES string of the molecule is C=CCOc1ccc(/C(O)=C2\C(=O)C(=O)N(c3nc(C)c(C(=O)OCC)s3)C2c2cccc(Cl)c2)cc1C. The lowest BCUT2D eigenvalue weighted by molar-refractivity contribution is -0.132. The van der Waals surface area contributed by atoms with Crippen molar-refractivity contribution >= 4 is 51.5 Å². The summed E-state index contributed by atoms with van der Waals surface area (Å²) in [6, 6.07) is 10.6. The number of Topliss-reactive ketones (excluding diaryl/α,β-unsaturated/α-hetero) is 1. The summed E-state index contributed by atoms with van der Waals surface area (Å²) >= 11 is 7.20. The van der Waals surface area contributed by atoms with E-state index in [1.54, 1.807) is 69.3 Å². The first-order valence-electron chi connectivity index (χ1n) is 11.7. The molecule has 2 aromatic carbocycles. The zero-order chi connectivity index (χ0) is 27.6. The minimum absolute atomic E-state index is 0.123. The summed E-state index contributed by atoms with van der Waals surface area (Å²) in [5.74, 6) is -2.10. The molecule has 1 atom stereocenters. The molecular formula is C28H25ClN2O6S. The van der Waals surface area contributed by atoms with Gasteiger partial charge in [0.2, 0.25) is 0 Å². The van der Waals surface area contributed by atoms with Gasteiger partial charge in [-0.2, -0.15) is 0 Å². The van der Waals surface area contributed by atoms with E-state index in [2.05, 4.69) is 11.6 Å². The van der Waals surface area contributed by atoms with Crippen molar-refractivity contribution in [2.24, 2.45) is 0 Å². The molecule has 1 aliphatic heterocycles. The number of aliphatic hydroxyl groups is 1. The third-order valence-corrected chi connectivity index (χ3v) is 7.24. The maximum absolute atomic E-state index is 13.4. The van der Waals surface area contributed by atoms with Gasteiger partial charge in [0.15, 0.2) is 5.13 Å². The van der Waals surface area contributed by atoms with Crippen molar-refractivity contribution in [3.05, 3.63) is 93.0 Å². The first-order chi connectivity index (χ1) is 18.2. The number of thiazole rings is 1. The molecule has 1 fully saturated rings. The molecule has 38 heavy (non-hydrogen) atoms. The fourth-order valence-electron chi connectivity index (χ4n) is 4.16. The second-order valence-corrected chi connectivity index (χ2v) is 9.85. The summed E-state index contributed by atoms with van der Waals surface area (Å²) in [4.78, 5) is 45.0. The van der Waals surface area contributed by atoms with Crippen LogP contribution in [0.15, 0.2) is 60.7 Å². The number of carbonyl (C=O) groups is 3. The Bertz CT molecular complexity index is 1480. The van der Waals surface area contributed by atoms with Gasteiger partial charge in [0.25, 0.3) is 5.78 Å². The van der Waals surface area contributed by atoms with Gasteiger partial charge in [-0.25, -0.2) is 9.78 Å². The summed E-state index contributed by atoms with van der Waals surface area (Å²) in [5.41, 5.74) is 1.79. The topological polar surface area (TPSA) is 106 Å². The van der Waals surface area contributed by atoms with Crippen molar-refractivity contribution < 1.29 is 29.0 Å². The zero-order valence-electron chi connectivity index (χ0n) is 21.0. The summed E-state index contributed by atoms with van der Waals surface area (Å²) in [6.07, 6.45) is 1.62. The van der Waals surface area contributed by atoms with Crippen LogP contribution >= 0.6 is 22.9 Å². The van der Waals surface area contributed by atoms with Crippen LogP contribution in [0.1, 0.15) is 45.0 Å². The molecule has 1 unspecified atom stereocenters. The molecule has 1 aromatic heterocycles. The van der Waals surface area contributed by atoms with Crippen LogP contribution in [0.25, 0.3) is 5.76 Å². The van der Waals surface area contributed by atoms with Crippen LogP contribution in [0.4, 0.5) is 5.13 Å². The number of amides is 1. The van der Waals surface area contributed by atoms with Crippen LogP contribution in [0.2, 0.25) is 5.02 Å². The number of carbonyl (C=O) groups excluding carboxylic acids is 3. The molecule has 1 N–H and O–H groups in total. The van der Waals surface area contributed by atoms with Gasteiger partial charge in [-0.1, -0.05) is 47.7 Å². The number of ketones is 1. The first kappa shape index (κ1) is 27.1. The van der Waals surface area contributed by atoms with E-state index < -0.39 is 23.7 Å². The van der Waals surface area contributed by atoms with E-state index in [1.165, 1.54) is 4.90 Å². The van der Waals surface area contributed by atoms with Crippen LogP contribution in [0.5, 0.6) is 5.75 Å². The molecule has 1 saturated heterocycles. The normalized spacial score (nSPS) is 16.5. The third-order valence-electron chi connectivity index (χ3n) is 5.87. The average Bonchev–Trinajstić information content (AvgIpc) is 3.39. The van der Waals surface area contributed by atoms with Crippen LogP contribution < -0.4 is 9.64 Å². The molecule has 1 aliphatic rings. The van der Waals surface area contributed by atoms with Gasteiger partial charge in [0.1, 0.15) is 23.0 Å². The van der Waals surface area contributed by atoms with Crippen molar-refractivity contribution in [1.29, 1.82) is 0 Å². The molecule has 8 nitrogen and oxygen atoms in total. The van der Waals surface area contributed by atoms with Crippen molar-refractivity contribution in [3.63, 3.8) is 0 Å². The van der Waals surface area contributed by atoms with Crippen LogP contribution in [0, 0.1) is 13.8 Å². The molecule has 3 aromatic rings. The molecule has 196 valence electrons. The number of halogens is 1. The minimum Gasteiger partial charge on any atom is -0.507 e. The van der Waals surface area contributed by atoms with Gasteiger partial charge in [0.05, 0.1) is 23.9 Å². The number of nitrogens with zero attached hydrogens (tertiary/aromatic N) is 2. The summed E-state index contributed by atoms with van der Waals surface area (Å²) in [6.45, 7) is 9.23. The van der Waals surface area contributed by atoms with Crippen molar-refractivity contribution in [2.45, 2.75) is 26.8 Å². The Hall–Kier alpha value is -3.95. The predicted octanol–water partition coefficient (Wildman–Crippen LogP) is 5.78. The summed E-state index contributed by atoms with van der Waals surface area (Å²) < 4.78 is 10.7. The number of hydrogen-bond acceptors (Lipinski definition) is 8. The van der Waals surface area contributed by atoms with Crippen molar-refractivity contribution in [3.8, 4) is 5.75 Å². The van der Waals surface area contributed by atoms with Gasteiger partial charge in [0, 0.05) is 10.6 Å². The smallest absolute Gasteiger partial charge is 0.350 e. The first-order valence-corrected chi connectivity index (χ1v) is 12.9. The third kappa shape index (κ3) is 5.07. The lowest BCUT2D eigenvalue weighted by atomic mass is 9.95. The number of benzene rings is 2. The molecule has 0 saturated carbocycles. The lowest BCUT2D eigenvalue weighted by Crippen LogP contribution is -2.29. The molecule has 10 heteroatoms. The number of rotatable bonds is 8. The Labute approximate surface area is 228 Å². The van der Waals surface area contributed by atoms with E-state index in [0.717, 1.165) is 16.9 Å². The largest absolute Gasteiger partial charge is 0.507 e. The van der Waals surface area contributed by atoms with Gasteiger partial charge < -0.3 is 14.6 Å². The van der Waals surface area contributed by atoms with Gasteiger partial charge in [-0.05, 0) is 62.2 Å². The highest BCUT2D eigenvalue weighted by Gasteiger charge is 2.48. The highest BCUT2D eigenvalue weighted by molar-refractivity contribution is 7.17. The summed E-state index contributed by atoms with van der Waals surface area (Å²) in [7, 11) is 0. The fraction of sp³-hybridized carbons (Fsp3) is 0.214. The Balaban J connectivity index is 1.88. The molecule has 0 spiro atoms. The number of anilines is 1. The number of esters is 1. The van der Waals surface area contributed by atoms with Crippen LogP contribution in [-0.4, -0.2) is 41.0 Å². The monoisotopic (exact) mass is 552 g/mol. The van der Waals surface area contributed by atoms with E-state index in [9.17, 15) is 19.5 Å². The second kappa shape index (κ2) is 11.2. The molecule has 0 bridgehead atoms. The van der Waals surface area contributed by atoms with Crippen molar-refractivity contribution in [1.82, 2.24) is 4.98 Å². The second-order valence-electron chi connectivity index (χ2n) is 8.44. The molecule has 0 radical (unpaired) electrons. The average molecular weight is 553 g/mol. The Morgan fingerprint density at radius 1 is 1.24 bits per heavy atom. The van der Waals surface area contributed by atoms with Crippen molar-refractivity contribution in [2.75, 3.05) is 18.1 Å². The van der Waals surface area contributed by atoms with E-state index in [4.69, 9.17) is 21.1 Å².